The predicted octanol–water partition coefficient (Wildman–Crippen LogP) is 3.80. The van der Waals surface area contributed by atoms with E-state index < -0.39 is 27.8 Å². The fourth-order valence-corrected chi connectivity index (χ4v) is 4.74. The molecule has 1 unspecified atom stereocenters. The van der Waals surface area contributed by atoms with Crippen molar-refractivity contribution in [1.82, 2.24) is 9.62 Å². The molecule has 1 fully saturated rings. The van der Waals surface area contributed by atoms with Crippen LogP contribution >= 0.6 is 0 Å². The van der Waals surface area contributed by atoms with Crippen LogP contribution in [0.25, 0.3) is 0 Å². The smallest absolute Gasteiger partial charge is 0.355 e. The van der Waals surface area contributed by atoms with Crippen molar-refractivity contribution in [3.8, 4) is 0 Å². The van der Waals surface area contributed by atoms with Gasteiger partial charge in [0.25, 0.3) is 0 Å². The summed E-state index contributed by atoms with van der Waals surface area (Å²) in [5, 5.41) is 2.80. The topological polar surface area (TPSA) is 66.5 Å². The summed E-state index contributed by atoms with van der Waals surface area (Å²) < 4.78 is 65.2. The van der Waals surface area contributed by atoms with Crippen molar-refractivity contribution in [1.29, 1.82) is 0 Å². The van der Waals surface area contributed by atoms with Gasteiger partial charge in [-0.3, -0.25) is 4.79 Å². The number of halogens is 3. The van der Waals surface area contributed by atoms with Crippen molar-refractivity contribution < 1.29 is 26.4 Å². The fourth-order valence-electron chi connectivity index (χ4n) is 3.08. The van der Waals surface area contributed by atoms with E-state index in [1.165, 1.54) is 0 Å². The first-order valence-corrected chi connectivity index (χ1v) is 10.7. The van der Waals surface area contributed by atoms with Crippen LogP contribution in [0.1, 0.15) is 52.0 Å². The Morgan fingerprint density at radius 1 is 1.14 bits per heavy atom. The molecule has 2 rings (SSSR count). The second-order valence-corrected chi connectivity index (χ2v) is 10.1. The lowest BCUT2D eigenvalue weighted by Gasteiger charge is -2.34. The van der Waals surface area contributed by atoms with Crippen molar-refractivity contribution in [2.75, 3.05) is 13.1 Å². The lowest BCUT2D eigenvalue weighted by Crippen LogP contribution is -2.52. The van der Waals surface area contributed by atoms with Gasteiger partial charge in [0.2, 0.25) is 15.9 Å². The van der Waals surface area contributed by atoms with Gasteiger partial charge in [-0.05, 0) is 48.9 Å². The van der Waals surface area contributed by atoms with Crippen molar-refractivity contribution in [2.24, 2.45) is 5.41 Å². The summed E-state index contributed by atoms with van der Waals surface area (Å²) >= 11 is 0. The van der Waals surface area contributed by atoms with E-state index in [-0.39, 0.29) is 22.8 Å². The Morgan fingerprint density at radius 2 is 1.75 bits per heavy atom. The van der Waals surface area contributed by atoms with Gasteiger partial charge in [0.1, 0.15) is 6.04 Å². The van der Waals surface area contributed by atoms with Crippen LogP contribution in [0.3, 0.4) is 0 Å². The summed E-state index contributed by atoms with van der Waals surface area (Å²) in [5.41, 5.74) is -0.882. The maximum absolute atomic E-state index is 13.0. The number of nitrogens with one attached hydrogen (secondary N) is 1. The maximum Gasteiger partial charge on any atom is 0.416 e. The molecule has 1 aliphatic heterocycles. The molecule has 9 heteroatoms. The standard InChI is InChI=1S/C19H27F3N2O3S/c1-18(2,3)11-12-23-17(25)16-6-4-5-13-24(16)28(26,27)15-9-7-14(8-10-15)19(20,21)22/h7-10,16H,4-6,11-13H2,1-3H3,(H,23,25). The number of nitrogens with zero attached hydrogens (tertiary/aromatic N) is 1. The third-order valence-corrected chi connectivity index (χ3v) is 6.64. The van der Waals surface area contributed by atoms with Gasteiger partial charge in [0, 0.05) is 13.1 Å². The van der Waals surface area contributed by atoms with Crippen LogP contribution < -0.4 is 5.32 Å². The van der Waals surface area contributed by atoms with E-state index in [0.717, 1.165) is 41.4 Å². The zero-order valence-corrected chi connectivity index (χ0v) is 17.2. The molecule has 1 saturated heterocycles. The maximum atomic E-state index is 13.0. The molecule has 0 aromatic heterocycles. The van der Waals surface area contributed by atoms with Gasteiger partial charge in [-0.1, -0.05) is 27.2 Å². The zero-order chi connectivity index (χ0) is 21.2. The van der Waals surface area contributed by atoms with Crippen LogP contribution in [-0.2, 0) is 21.0 Å². The molecule has 1 atom stereocenters. The van der Waals surface area contributed by atoms with E-state index in [2.05, 4.69) is 5.32 Å². The molecular formula is C19H27F3N2O3S. The number of hydrogen-bond donors (Lipinski definition) is 1. The summed E-state index contributed by atoms with van der Waals surface area (Å²) in [4.78, 5) is 12.4. The van der Waals surface area contributed by atoms with Crippen LogP contribution in [0.4, 0.5) is 13.2 Å². The molecule has 1 heterocycles. The highest BCUT2D eigenvalue weighted by molar-refractivity contribution is 7.89. The second kappa shape index (κ2) is 8.41. The number of sulfonamides is 1. The van der Waals surface area contributed by atoms with Gasteiger partial charge in [-0.25, -0.2) is 8.42 Å². The van der Waals surface area contributed by atoms with Gasteiger partial charge in [-0.2, -0.15) is 17.5 Å². The molecular weight excluding hydrogens is 393 g/mol. The molecule has 0 spiro atoms. The summed E-state index contributed by atoms with van der Waals surface area (Å²) in [7, 11) is -4.07. The van der Waals surface area contributed by atoms with Crippen molar-refractivity contribution in [3.63, 3.8) is 0 Å². The Labute approximate surface area is 164 Å². The Hall–Kier alpha value is -1.61. The number of amides is 1. The van der Waals surface area contributed by atoms with Crippen LogP contribution in [-0.4, -0.2) is 37.8 Å². The van der Waals surface area contributed by atoms with Crippen LogP contribution in [0.5, 0.6) is 0 Å². The first kappa shape index (κ1) is 22.7. The molecule has 0 bridgehead atoms. The van der Waals surface area contributed by atoms with Gasteiger partial charge in [0.15, 0.2) is 0 Å². The van der Waals surface area contributed by atoms with Crippen molar-refractivity contribution in [2.45, 2.75) is 63.6 Å². The minimum atomic E-state index is -4.54. The van der Waals surface area contributed by atoms with Crippen molar-refractivity contribution in [3.05, 3.63) is 29.8 Å². The third-order valence-electron chi connectivity index (χ3n) is 4.72. The first-order valence-electron chi connectivity index (χ1n) is 9.29. The molecule has 28 heavy (non-hydrogen) atoms. The molecule has 158 valence electrons. The number of rotatable bonds is 5. The first-order chi connectivity index (χ1) is 12.8. The Kier molecular flexibility index (Phi) is 6.81. The third kappa shape index (κ3) is 5.70. The number of benzene rings is 1. The molecule has 1 aromatic carbocycles. The highest BCUT2D eigenvalue weighted by Crippen LogP contribution is 2.31. The lowest BCUT2D eigenvalue weighted by atomic mass is 9.92. The minimum absolute atomic E-state index is 0.0336. The highest BCUT2D eigenvalue weighted by atomic mass is 32.2. The van der Waals surface area contributed by atoms with Crippen molar-refractivity contribution >= 4 is 15.9 Å². The fraction of sp³-hybridized carbons (Fsp3) is 0.632. The molecule has 1 aliphatic rings. The Morgan fingerprint density at radius 3 is 2.29 bits per heavy atom. The van der Waals surface area contributed by atoms with E-state index in [1.54, 1.807) is 0 Å². The largest absolute Gasteiger partial charge is 0.416 e. The molecule has 0 aliphatic carbocycles. The predicted molar refractivity (Wildman–Crippen MR) is 100 cm³/mol. The quantitative estimate of drug-likeness (QED) is 0.788. The summed E-state index contributed by atoms with van der Waals surface area (Å²) in [6, 6.07) is 2.54. The molecule has 1 aromatic rings. The van der Waals surface area contributed by atoms with E-state index in [9.17, 15) is 26.4 Å². The summed E-state index contributed by atoms with van der Waals surface area (Å²) in [6.07, 6.45) is -2.08. The summed E-state index contributed by atoms with van der Waals surface area (Å²) in [5.74, 6) is -0.362. The number of hydrogen-bond acceptors (Lipinski definition) is 3. The van der Waals surface area contributed by atoms with Gasteiger partial charge >= 0.3 is 6.18 Å². The minimum Gasteiger partial charge on any atom is -0.355 e. The number of alkyl halides is 3. The average Bonchev–Trinajstić information content (AvgIpc) is 2.60. The van der Waals surface area contributed by atoms with E-state index in [0.29, 0.717) is 19.4 Å². The number of carbonyl (C=O) groups is 1. The van der Waals surface area contributed by atoms with E-state index in [1.807, 2.05) is 20.8 Å². The normalized spacial score (nSPS) is 19.4. The van der Waals surface area contributed by atoms with Gasteiger partial charge < -0.3 is 5.32 Å². The number of piperidine rings is 1. The molecule has 5 nitrogen and oxygen atoms in total. The van der Waals surface area contributed by atoms with Crippen LogP contribution in [0.15, 0.2) is 29.2 Å². The lowest BCUT2D eigenvalue weighted by molar-refractivity contribution is -0.137. The second-order valence-electron chi connectivity index (χ2n) is 8.25. The Balaban J connectivity index is 2.18. The average molecular weight is 420 g/mol. The van der Waals surface area contributed by atoms with Crippen LogP contribution in [0, 0.1) is 5.41 Å². The van der Waals surface area contributed by atoms with E-state index >= 15 is 0 Å². The zero-order valence-electron chi connectivity index (χ0n) is 16.3. The number of carbonyl (C=O) groups excluding carboxylic acids is 1. The van der Waals surface area contributed by atoms with E-state index in [4.69, 9.17) is 0 Å². The van der Waals surface area contributed by atoms with Gasteiger partial charge in [-0.15, -0.1) is 0 Å². The highest BCUT2D eigenvalue weighted by Gasteiger charge is 2.38. The SMILES string of the molecule is CC(C)(C)CCNC(=O)C1CCCCN1S(=O)(=O)c1ccc(C(F)(F)F)cc1. The van der Waals surface area contributed by atoms with Gasteiger partial charge in [0.05, 0.1) is 10.5 Å². The molecule has 1 N–H and O–H groups in total. The molecule has 0 radical (unpaired) electrons. The molecule has 1 amide bonds. The summed E-state index contributed by atoms with van der Waals surface area (Å²) in [6.45, 7) is 6.73. The monoisotopic (exact) mass is 420 g/mol. The Bertz CT molecular complexity index is 784. The van der Waals surface area contributed by atoms with Crippen LogP contribution in [0.2, 0.25) is 0 Å². The molecule has 0 saturated carbocycles.